The lowest BCUT2D eigenvalue weighted by Crippen LogP contribution is -2.50. The molecule has 1 aromatic rings. The summed E-state index contributed by atoms with van der Waals surface area (Å²) in [6.07, 6.45) is 4.21. The summed E-state index contributed by atoms with van der Waals surface area (Å²) >= 11 is 0. The van der Waals surface area contributed by atoms with Crippen molar-refractivity contribution >= 4 is 5.69 Å². The number of anilines is 1. The third kappa shape index (κ3) is 2.71. The van der Waals surface area contributed by atoms with Gasteiger partial charge in [0.15, 0.2) is 0 Å². The molecule has 0 bridgehead atoms. The van der Waals surface area contributed by atoms with E-state index in [9.17, 15) is 0 Å². The average Bonchev–Trinajstić information content (AvgIpc) is 2.24. The van der Waals surface area contributed by atoms with Crippen LogP contribution in [0.4, 0.5) is 5.69 Å². The number of pyridine rings is 1. The van der Waals surface area contributed by atoms with Crippen molar-refractivity contribution in [3.63, 3.8) is 0 Å². The van der Waals surface area contributed by atoms with Gasteiger partial charge in [-0.3, -0.25) is 9.88 Å². The predicted molar refractivity (Wildman–Crippen MR) is 64.5 cm³/mol. The molecule has 0 spiro atoms. The fourth-order valence-corrected chi connectivity index (χ4v) is 1.93. The molecule has 0 aromatic carbocycles. The molecule has 0 saturated carbocycles. The van der Waals surface area contributed by atoms with Gasteiger partial charge >= 0.3 is 0 Å². The third-order valence-corrected chi connectivity index (χ3v) is 2.84. The Morgan fingerprint density at radius 3 is 3.00 bits per heavy atom. The number of nitrogens with one attached hydrogen (secondary N) is 1. The van der Waals surface area contributed by atoms with Gasteiger partial charge in [0.1, 0.15) is 0 Å². The summed E-state index contributed by atoms with van der Waals surface area (Å²) in [4.78, 5) is 6.60. The molecule has 16 heavy (non-hydrogen) atoms. The van der Waals surface area contributed by atoms with Crippen molar-refractivity contribution in [2.24, 2.45) is 0 Å². The molecule has 0 atom stereocenters. The van der Waals surface area contributed by atoms with Crippen LogP contribution in [0.15, 0.2) is 18.5 Å². The second-order valence-corrected chi connectivity index (χ2v) is 4.16. The van der Waals surface area contributed by atoms with Gasteiger partial charge in [0.05, 0.1) is 11.8 Å². The van der Waals surface area contributed by atoms with Crippen LogP contribution in [0.25, 0.3) is 0 Å². The molecule has 0 unspecified atom stereocenters. The molecule has 1 N–H and O–H groups in total. The van der Waals surface area contributed by atoms with Gasteiger partial charge in [0.2, 0.25) is 0 Å². The highest BCUT2D eigenvalue weighted by Crippen LogP contribution is 2.16. The predicted octanol–water partition coefficient (Wildman–Crippen LogP) is 1.34. The fourth-order valence-electron chi connectivity index (χ4n) is 1.93. The summed E-state index contributed by atoms with van der Waals surface area (Å²) < 4.78 is 5.25. The van der Waals surface area contributed by atoms with E-state index < -0.39 is 0 Å². The molecular formula is C12H19N3O. The van der Waals surface area contributed by atoms with E-state index in [1.807, 2.05) is 12.4 Å². The van der Waals surface area contributed by atoms with Crippen molar-refractivity contribution < 1.29 is 4.74 Å². The smallest absolute Gasteiger partial charge is 0.0825 e. The van der Waals surface area contributed by atoms with Crippen LogP contribution in [0, 0.1) is 0 Å². The van der Waals surface area contributed by atoms with Gasteiger partial charge in [-0.25, -0.2) is 0 Å². The largest absolute Gasteiger partial charge is 0.384 e. The van der Waals surface area contributed by atoms with E-state index in [1.54, 1.807) is 7.11 Å². The molecule has 1 aromatic heterocycles. The Balaban J connectivity index is 1.87. The molecule has 1 aliphatic heterocycles. The topological polar surface area (TPSA) is 37.4 Å². The highest BCUT2D eigenvalue weighted by atomic mass is 16.5. The first kappa shape index (κ1) is 11.4. The average molecular weight is 221 g/mol. The number of nitrogens with zero attached hydrogens (tertiary/aromatic N) is 2. The molecule has 4 nitrogen and oxygen atoms in total. The van der Waals surface area contributed by atoms with Gasteiger partial charge in [0, 0.05) is 45.7 Å². The maximum Gasteiger partial charge on any atom is 0.0825 e. The van der Waals surface area contributed by atoms with E-state index in [0.29, 0.717) is 6.10 Å². The van der Waals surface area contributed by atoms with Crippen LogP contribution >= 0.6 is 0 Å². The molecular weight excluding hydrogens is 202 g/mol. The number of aromatic nitrogens is 1. The summed E-state index contributed by atoms with van der Waals surface area (Å²) in [7, 11) is 1.77. The first-order valence-electron chi connectivity index (χ1n) is 5.74. The lowest BCUT2D eigenvalue weighted by atomic mass is 10.1. The Labute approximate surface area is 96.6 Å². The number of methoxy groups -OCH3 is 1. The third-order valence-electron chi connectivity index (χ3n) is 2.84. The zero-order chi connectivity index (χ0) is 11.4. The van der Waals surface area contributed by atoms with Gasteiger partial charge in [-0.15, -0.1) is 0 Å². The number of rotatable bonds is 5. The SMILES string of the molecule is CCNc1cncc(CN2CC(OC)C2)c1. The van der Waals surface area contributed by atoms with Crippen LogP contribution in [0.1, 0.15) is 12.5 Å². The summed E-state index contributed by atoms with van der Waals surface area (Å²) in [6.45, 7) is 6.04. The van der Waals surface area contributed by atoms with E-state index in [4.69, 9.17) is 4.74 Å². The first-order valence-corrected chi connectivity index (χ1v) is 5.74. The molecule has 4 heteroatoms. The quantitative estimate of drug-likeness (QED) is 0.814. The summed E-state index contributed by atoms with van der Waals surface area (Å²) in [6, 6.07) is 2.16. The molecule has 0 amide bonds. The Hall–Kier alpha value is -1.13. The normalized spacial score (nSPS) is 17.1. The first-order chi connectivity index (χ1) is 7.81. The number of hydrogen-bond donors (Lipinski definition) is 1. The molecule has 1 fully saturated rings. The number of ether oxygens (including phenoxy) is 1. The van der Waals surface area contributed by atoms with E-state index >= 15 is 0 Å². The van der Waals surface area contributed by atoms with Gasteiger partial charge in [-0.2, -0.15) is 0 Å². The minimum absolute atomic E-state index is 0.421. The van der Waals surface area contributed by atoms with Crippen molar-refractivity contribution in [2.75, 3.05) is 32.1 Å². The molecule has 1 aliphatic rings. The molecule has 88 valence electrons. The monoisotopic (exact) mass is 221 g/mol. The Kier molecular flexibility index (Phi) is 3.74. The molecule has 2 rings (SSSR count). The minimum Gasteiger partial charge on any atom is -0.384 e. The lowest BCUT2D eigenvalue weighted by Gasteiger charge is -2.38. The molecule has 0 radical (unpaired) electrons. The van der Waals surface area contributed by atoms with Crippen molar-refractivity contribution in [1.29, 1.82) is 0 Å². The van der Waals surface area contributed by atoms with Gasteiger partial charge in [0.25, 0.3) is 0 Å². The standard InChI is InChI=1S/C12H19N3O/c1-3-14-11-4-10(5-13-6-11)7-15-8-12(9-15)16-2/h4-6,12,14H,3,7-9H2,1-2H3. The highest BCUT2D eigenvalue weighted by molar-refractivity contribution is 5.42. The summed E-state index contributed by atoms with van der Waals surface area (Å²) in [5.74, 6) is 0. The Morgan fingerprint density at radius 1 is 1.50 bits per heavy atom. The summed E-state index contributed by atoms with van der Waals surface area (Å²) in [5, 5.41) is 3.27. The van der Waals surface area contributed by atoms with Crippen LogP contribution in [0.5, 0.6) is 0 Å². The van der Waals surface area contributed by atoms with Gasteiger partial charge < -0.3 is 10.1 Å². The van der Waals surface area contributed by atoms with Crippen LogP contribution in [0.2, 0.25) is 0 Å². The van der Waals surface area contributed by atoms with E-state index in [-0.39, 0.29) is 0 Å². The molecule has 2 heterocycles. The Morgan fingerprint density at radius 2 is 2.31 bits per heavy atom. The Bertz CT molecular complexity index is 337. The lowest BCUT2D eigenvalue weighted by molar-refractivity contribution is -0.0334. The highest BCUT2D eigenvalue weighted by Gasteiger charge is 2.25. The maximum absolute atomic E-state index is 5.25. The summed E-state index contributed by atoms with van der Waals surface area (Å²) in [5.41, 5.74) is 2.36. The van der Waals surface area contributed by atoms with Gasteiger partial charge in [-0.05, 0) is 18.6 Å². The molecule has 1 saturated heterocycles. The van der Waals surface area contributed by atoms with Crippen LogP contribution in [-0.4, -0.2) is 42.7 Å². The zero-order valence-corrected chi connectivity index (χ0v) is 9.94. The fraction of sp³-hybridized carbons (Fsp3) is 0.583. The maximum atomic E-state index is 5.25. The number of likely N-dealkylation sites (tertiary alicyclic amines) is 1. The van der Waals surface area contributed by atoms with E-state index in [0.717, 1.165) is 31.9 Å². The van der Waals surface area contributed by atoms with Crippen LogP contribution < -0.4 is 5.32 Å². The van der Waals surface area contributed by atoms with E-state index in [2.05, 4.69) is 28.2 Å². The van der Waals surface area contributed by atoms with Gasteiger partial charge in [-0.1, -0.05) is 0 Å². The second kappa shape index (κ2) is 5.27. The second-order valence-electron chi connectivity index (χ2n) is 4.16. The van der Waals surface area contributed by atoms with Crippen LogP contribution in [-0.2, 0) is 11.3 Å². The van der Waals surface area contributed by atoms with Crippen molar-refractivity contribution in [3.05, 3.63) is 24.0 Å². The van der Waals surface area contributed by atoms with Crippen molar-refractivity contribution in [2.45, 2.75) is 19.6 Å². The minimum atomic E-state index is 0.421. The zero-order valence-electron chi connectivity index (χ0n) is 9.94. The van der Waals surface area contributed by atoms with Crippen molar-refractivity contribution in [3.8, 4) is 0 Å². The van der Waals surface area contributed by atoms with Crippen molar-refractivity contribution in [1.82, 2.24) is 9.88 Å². The number of hydrogen-bond acceptors (Lipinski definition) is 4. The van der Waals surface area contributed by atoms with Crippen LogP contribution in [0.3, 0.4) is 0 Å². The van der Waals surface area contributed by atoms with E-state index in [1.165, 1.54) is 5.56 Å². The molecule has 0 aliphatic carbocycles.